The van der Waals surface area contributed by atoms with Crippen LogP contribution >= 0.6 is 0 Å². The second-order valence-corrected chi connectivity index (χ2v) is 14.8. The number of hydrogen-bond donors (Lipinski definition) is 0. The van der Waals surface area contributed by atoms with Gasteiger partial charge in [-0.15, -0.1) is 0 Å². The van der Waals surface area contributed by atoms with E-state index >= 15 is 0 Å². The summed E-state index contributed by atoms with van der Waals surface area (Å²) in [4.78, 5) is 5.09. The molecule has 10 rings (SSSR count). The van der Waals surface area contributed by atoms with E-state index in [1.54, 1.807) is 0 Å². The van der Waals surface area contributed by atoms with Gasteiger partial charge in [0.2, 0.25) is 0 Å². The molecule has 0 N–H and O–H groups in total. The van der Waals surface area contributed by atoms with E-state index in [4.69, 9.17) is 0 Å². The summed E-state index contributed by atoms with van der Waals surface area (Å²) in [5.41, 5.74) is 15.9. The molecule has 2 nitrogen and oxygen atoms in total. The number of para-hydroxylation sites is 2. The number of nitrogens with zero attached hydrogens (tertiary/aromatic N) is 2. The Morgan fingerprint density at radius 2 is 1.00 bits per heavy atom. The molecule has 0 radical (unpaired) electrons. The van der Waals surface area contributed by atoms with E-state index in [-0.39, 0.29) is 0 Å². The van der Waals surface area contributed by atoms with Crippen molar-refractivity contribution in [3.8, 4) is 22.3 Å². The predicted octanol–water partition coefficient (Wildman–Crippen LogP) is 13.3. The summed E-state index contributed by atoms with van der Waals surface area (Å²) in [5.74, 6) is 0. The second-order valence-electron chi connectivity index (χ2n) is 14.8. The topological polar surface area (TPSA) is 6.48 Å². The summed E-state index contributed by atoms with van der Waals surface area (Å²) in [6.45, 7) is 6.50. The number of aryl methyl sites for hydroxylation is 4. The summed E-state index contributed by atoms with van der Waals surface area (Å²) >= 11 is 0. The molecule has 0 amide bonds. The van der Waals surface area contributed by atoms with E-state index in [1.165, 1.54) is 99.6 Å². The molecule has 0 unspecified atom stereocenters. The number of hydrogen-bond acceptors (Lipinski definition) is 2. The van der Waals surface area contributed by atoms with Gasteiger partial charge in [0.1, 0.15) is 0 Å². The van der Waals surface area contributed by atoms with Crippen molar-refractivity contribution in [2.45, 2.75) is 39.5 Å². The third kappa shape index (κ3) is 5.00. The van der Waals surface area contributed by atoms with Crippen LogP contribution in [0.1, 0.15) is 35.1 Å². The van der Waals surface area contributed by atoms with Crippen LogP contribution in [0.25, 0.3) is 54.6 Å². The van der Waals surface area contributed by atoms with Gasteiger partial charge in [-0.25, -0.2) is 0 Å². The molecule has 8 aromatic carbocycles. The lowest BCUT2D eigenvalue weighted by Gasteiger charge is -2.32. The van der Waals surface area contributed by atoms with Crippen LogP contribution in [0.5, 0.6) is 0 Å². The van der Waals surface area contributed by atoms with Gasteiger partial charge in [-0.2, -0.15) is 0 Å². The number of anilines is 4. The summed E-state index contributed by atoms with van der Waals surface area (Å²) in [6.07, 6.45) is 4.57. The zero-order valence-electron chi connectivity index (χ0n) is 30.0. The minimum Gasteiger partial charge on any atom is -0.341 e. The summed E-state index contributed by atoms with van der Waals surface area (Å²) in [6, 6.07) is 55.2. The average Bonchev–Trinajstić information content (AvgIpc) is 3.20. The highest BCUT2D eigenvalue weighted by Crippen LogP contribution is 2.49. The highest BCUT2D eigenvalue weighted by atomic mass is 15.1. The fourth-order valence-corrected chi connectivity index (χ4v) is 9.09. The quantitative estimate of drug-likeness (QED) is 0.172. The lowest BCUT2D eigenvalue weighted by Crippen LogP contribution is -2.24. The van der Waals surface area contributed by atoms with Crippen molar-refractivity contribution < 1.29 is 0 Å². The van der Waals surface area contributed by atoms with Gasteiger partial charge in [-0.3, -0.25) is 0 Å². The molecule has 0 bridgehead atoms. The van der Waals surface area contributed by atoms with E-state index < -0.39 is 0 Å². The molecule has 0 aromatic heterocycles. The lowest BCUT2D eigenvalue weighted by atomic mass is 9.83. The molecular formula is C50H42N2. The molecule has 8 aromatic rings. The van der Waals surface area contributed by atoms with Crippen molar-refractivity contribution in [2.75, 3.05) is 22.9 Å². The molecule has 252 valence electrons. The molecule has 52 heavy (non-hydrogen) atoms. The fraction of sp³-hybridized carbons (Fsp3) is 0.160. The number of benzene rings is 8. The third-order valence-electron chi connectivity index (χ3n) is 11.8. The highest BCUT2D eigenvalue weighted by Gasteiger charge is 2.24. The minimum atomic E-state index is 1.02. The third-order valence-corrected chi connectivity index (χ3v) is 11.8. The van der Waals surface area contributed by atoms with Crippen molar-refractivity contribution in [1.82, 2.24) is 0 Å². The highest BCUT2D eigenvalue weighted by molar-refractivity contribution is 6.24. The monoisotopic (exact) mass is 670 g/mol. The molecule has 2 heteroatoms. The Bertz CT molecular complexity index is 2680. The van der Waals surface area contributed by atoms with Crippen LogP contribution < -0.4 is 9.80 Å². The average molecular weight is 671 g/mol. The number of fused-ring (bicyclic) bond motifs is 5. The van der Waals surface area contributed by atoms with E-state index in [2.05, 4.69) is 169 Å². The molecular weight excluding hydrogens is 629 g/mol. The first-order valence-corrected chi connectivity index (χ1v) is 18.9. The van der Waals surface area contributed by atoms with Crippen LogP contribution in [0, 0.1) is 13.8 Å². The van der Waals surface area contributed by atoms with Gasteiger partial charge < -0.3 is 9.80 Å². The minimum absolute atomic E-state index is 1.02. The van der Waals surface area contributed by atoms with Gasteiger partial charge in [-0.1, -0.05) is 109 Å². The van der Waals surface area contributed by atoms with Crippen molar-refractivity contribution in [3.63, 3.8) is 0 Å². The molecule has 0 fully saturated rings. The molecule has 0 atom stereocenters. The van der Waals surface area contributed by atoms with Crippen molar-refractivity contribution >= 4 is 55.1 Å². The summed E-state index contributed by atoms with van der Waals surface area (Å²) in [7, 11) is 0. The van der Waals surface area contributed by atoms with Crippen molar-refractivity contribution in [1.29, 1.82) is 0 Å². The van der Waals surface area contributed by atoms with Gasteiger partial charge in [0.15, 0.2) is 0 Å². The molecule has 0 saturated heterocycles. The Balaban J connectivity index is 1.32. The molecule has 2 heterocycles. The molecule has 0 saturated carbocycles. The standard InChI is InChI=1S/C50H42N2/c1-33-22-23-38(30-34(33)2)49-43-26-24-40(52-29-11-17-37-14-5-8-21-48(37)52)32-46(43)50(42-19-9-15-35-12-3-6-18-41(35)42)44-27-25-39(31-45(44)49)51-28-10-16-36-13-4-7-20-47(36)51/h3-9,12-15,18-27,30-32H,10-11,16-17,28-29H2,1-2H3. The van der Waals surface area contributed by atoms with Crippen LogP contribution in [0.15, 0.2) is 146 Å². The Labute approximate surface area is 306 Å². The first kappa shape index (κ1) is 30.9. The number of rotatable bonds is 4. The first-order chi connectivity index (χ1) is 25.6. The zero-order valence-corrected chi connectivity index (χ0v) is 30.0. The van der Waals surface area contributed by atoms with Crippen LogP contribution in [-0.2, 0) is 12.8 Å². The van der Waals surface area contributed by atoms with Crippen LogP contribution in [-0.4, -0.2) is 13.1 Å². The Morgan fingerprint density at radius 1 is 0.423 bits per heavy atom. The van der Waals surface area contributed by atoms with Crippen molar-refractivity contribution in [3.05, 3.63) is 168 Å². The smallest absolute Gasteiger partial charge is 0.0443 e. The van der Waals surface area contributed by atoms with Crippen LogP contribution in [0.3, 0.4) is 0 Å². The van der Waals surface area contributed by atoms with E-state index in [9.17, 15) is 0 Å². The summed E-state index contributed by atoms with van der Waals surface area (Å²) < 4.78 is 0. The molecule has 0 aliphatic carbocycles. The Hall–Kier alpha value is -5.86. The molecule has 2 aliphatic heterocycles. The van der Waals surface area contributed by atoms with Crippen molar-refractivity contribution in [2.24, 2.45) is 0 Å². The maximum absolute atomic E-state index is 2.54. The van der Waals surface area contributed by atoms with Gasteiger partial charge in [0.05, 0.1) is 0 Å². The molecule has 2 aliphatic rings. The second kappa shape index (κ2) is 12.4. The normalized spacial score (nSPS) is 14.2. The van der Waals surface area contributed by atoms with Crippen LogP contribution in [0.2, 0.25) is 0 Å². The Kier molecular flexibility index (Phi) is 7.39. The fourth-order valence-electron chi connectivity index (χ4n) is 9.09. The predicted molar refractivity (Wildman–Crippen MR) is 223 cm³/mol. The first-order valence-electron chi connectivity index (χ1n) is 18.9. The molecule has 0 spiro atoms. The van der Waals surface area contributed by atoms with E-state index in [1.807, 2.05) is 0 Å². The SMILES string of the molecule is Cc1ccc(-c2c3cc(N4CCCc5ccccc54)ccc3c(-c3cccc4ccccc34)c3cc(N4CCCc5ccccc54)ccc23)cc1C. The lowest BCUT2D eigenvalue weighted by molar-refractivity contribution is 0.767. The maximum atomic E-state index is 2.54. The largest absolute Gasteiger partial charge is 0.341 e. The van der Waals surface area contributed by atoms with Gasteiger partial charge in [0, 0.05) is 35.8 Å². The van der Waals surface area contributed by atoms with E-state index in [0.29, 0.717) is 0 Å². The van der Waals surface area contributed by atoms with Gasteiger partial charge in [-0.05, 0) is 153 Å². The zero-order chi connectivity index (χ0) is 34.8. The van der Waals surface area contributed by atoms with Gasteiger partial charge >= 0.3 is 0 Å². The maximum Gasteiger partial charge on any atom is 0.0443 e. The van der Waals surface area contributed by atoms with Gasteiger partial charge in [0.25, 0.3) is 0 Å². The Morgan fingerprint density at radius 3 is 1.67 bits per heavy atom. The summed E-state index contributed by atoms with van der Waals surface area (Å²) in [5, 5.41) is 7.74. The van der Waals surface area contributed by atoms with E-state index in [0.717, 1.165) is 38.8 Å². The van der Waals surface area contributed by atoms with Crippen LogP contribution in [0.4, 0.5) is 22.7 Å².